The van der Waals surface area contributed by atoms with Crippen LogP contribution in [-0.4, -0.2) is 0 Å². The first kappa shape index (κ1) is 11.4. The van der Waals surface area contributed by atoms with Gasteiger partial charge >= 0.3 is 0 Å². The van der Waals surface area contributed by atoms with Crippen molar-refractivity contribution in [1.29, 1.82) is 0 Å². The van der Waals surface area contributed by atoms with Crippen molar-refractivity contribution in [1.82, 2.24) is 0 Å². The van der Waals surface area contributed by atoms with Gasteiger partial charge in [-0.3, -0.25) is 0 Å². The lowest BCUT2D eigenvalue weighted by molar-refractivity contribution is 0.334. The molecule has 2 heteroatoms. The molecule has 0 saturated heterocycles. The molecule has 2 unspecified atom stereocenters. The lowest BCUT2D eigenvalue weighted by atomic mass is 9.78. The second-order valence-electron chi connectivity index (χ2n) is 6.94. The van der Waals surface area contributed by atoms with Crippen LogP contribution in [0.2, 0.25) is 0 Å². The fourth-order valence-electron chi connectivity index (χ4n) is 4.64. The van der Waals surface area contributed by atoms with Crippen molar-refractivity contribution in [3.8, 4) is 0 Å². The van der Waals surface area contributed by atoms with E-state index in [-0.39, 0.29) is 5.41 Å². The highest BCUT2D eigenvalue weighted by Crippen LogP contribution is 2.67. The van der Waals surface area contributed by atoms with E-state index in [2.05, 4.69) is 73.0 Å². The second-order valence-corrected chi connectivity index (χ2v) is 6.94. The van der Waals surface area contributed by atoms with Crippen molar-refractivity contribution in [2.45, 2.75) is 25.7 Å². The predicted molar refractivity (Wildman–Crippen MR) is 86.4 cm³/mol. The van der Waals surface area contributed by atoms with Crippen LogP contribution in [-0.2, 0) is 0 Å². The van der Waals surface area contributed by atoms with Crippen molar-refractivity contribution in [3.63, 3.8) is 0 Å². The Morgan fingerprint density at radius 2 is 1.14 bits per heavy atom. The minimum absolute atomic E-state index is 0.233. The van der Waals surface area contributed by atoms with Crippen molar-refractivity contribution in [2.75, 3.05) is 10.6 Å². The normalized spacial score (nSPS) is 26.6. The van der Waals surface area contributed by atoms with Gasteiger partial charge in [-0.2, -0.15) is 0 Å². The number of anilines is 2. The summed E-state index contributed by atoms with van der Waals surface area (Å²) in [5, 5.41) is 7.41. The lowest BCUT2D eigenvalue weighted by Gasteiger charge is -2.30. The predicted octanol–water partition coefficient (Wildman–Crippen LogP) is 4.66. The van der Waals surface area contributed by atoms with E-state index in [0.717, 1.165) is 0 Å². The Labute approximate surface area is 124 Å². The SMILES string of the molecule is CC1(C)C2C3=C(Nc4ccccc4N3)C1c1ccccc12. The maximum absolute atomic E-state index is 3.70. The average molecular weight is 274 g/mol. The van der Waals surface area contributed by atoms with E-state index in [9.17, 15) is 0 Å². The maximum atomic E-state index is 3.70. The van der Waals surface area contributed by atoms with Crippen molar-refractivity contribution in [2.24, 2.45) is 5.41 Å². The number of para-hydroxylation sites is 2. The summed E-state index contributed by atoms with van der Waals surface area (Å²) in [7, 11) is 0. The molecule has 1 heterocycles. The molecule has 2 aromatic carbocycles. The van der Waals surface area contributed by atoms with Crippen LogP contribution in [0.15, 0.2) is 59.9 Å². The largest absolute Gasteiger partial charge is 0.355 e. The van der Waals surface area contributed by atoms with E-state index in [0.29, 0.717) is 11.8 Å². The highest BCUT2D eigenvalue weighted by Gasteiger charge is 2.57. The van der Waals surface area contributed by atoms with Crippen LogP contribution in [0, 0.1) is 5.41 Å². The number of benzene rings is 2. The zero-order chi connectivity index (χ0) is 14.2. The Morgan fingerprint density at radius 1 is 0.714 bits per heavy atom. The van der Waals surface area contributed by atoms with Gasteiger partial charge in [0.1, 0.15) is 0 Å². The van der Waals surface area contributed by atoms with Crippen LogP contribution in [0.1, 0.15) is 36.8 Å². The number of nitrogens with one attached hydrogen (secondary N) is 2. The first-order valence-corrected chi connectivity index (χ1v) is 7.64. The van der Waals surface area contributed by atoms with Gasteiger partial charge in [0, 0.05) is 23.2 Å². The molecule has 2 N–H and O–H groups in total. The molecule has 0 aromatic heterocycles. The monoisotopic (exact) mass is 274 g/mol. The van der Waals surface area contributed by atoms with Crippen LogP contribution >= 0.6 is 0 Å². The molecule has 104 valence electrons. The first-order valence-electron chi connectivity index (χ1n) is 7.64. The molecular weight excluding hydrogens is 256 g/mol. The number of hydrogen-bond acceptors (Lipinski definition) is 2. The van der Waals surface area contributed by atoms with Crippen LogP contribution < -0.4 is 10.6 Å². The third-order valence-electron chi connectivity index (χ3n) is 5.44. The Morgan fingerprint density at radius 3 is 1.62 bits per heavy atom. The van der Waals surface area contributed by atoms with Crippen LogP contribution in [0.4, 0.5) is 11.4 Å². The summed E-state index contributed by atoms with van der Waals surface area (Å²) in [6.45, 7) is 4.80. The van der Waals surface area contributed by atoms with Gasteiger partial charge in [0.25, 0.3) is 0 Å². The summed E-state index contributed by atoms with van der Waals surface area (Å²) in [6, 6.07) is 17.4. The van der Waals surface area contributed by atoms with E-state index in [4.69, 9.17) is 0 Å². The summed E-state index contributed by atoms with van der Waals surface area (Å²) < 4.78 is 0. The molecule has 21 heavy (non-hydrogen) atoms. The fourth-order valence-corrected chi connectivity index (χ4v) is 4.64. The zero-order valence-electron chi connectivity index (χ0n) is 12.3. The van der Waals surface area contributed by atoms with Gasteiger partial charge in [0.2, 0.25) is 0 Å². The van der Waals surface area contributed by atoms with Crippen LogP contribution in [0.25, 0.3) is 0 Å². The lowest BCUT2D eigenvalue weighted by Crippen LogP contribution is -2.20. The zero-order valence-corrected chi connectivity index (χ0v) is 12.3. The fraction of sp³-hybridized carbons (Fsp3) is 0.263. The molecule has 0 fully saturated rings. The minimum atomic E-state index is 0.233. The molecule has 0 amide bonds. The third kappa shape index (κ3) is 1.24. The molecule has 2 nitrogen and oxygen atoms in total. The third-order valence-corrected chi connectivity index (χ3v) is 5.44. The van der Waals surface area contributed by atoms with Gasteiger partial charge in [0.15, 0.2) is 0 Å². The van der Waals surface area contributed by atoms with E-state index in [1.54, 1.807) is 0 Å². The standard InChI is InChI=1S/C19H18N2/c1-19(2)15-11-7-3-4-8-12(11)16(19)18-17(15)20-13-9-5-6-10-14(13)21-18/h3-10,15-16,20-21H,1-2H3. The molecule has 2 atom stereocenters. The van der Waals surface area contributed by atoms with Crippen molar-refractivity contribution in [3.05, 3.63) is 71.1 Å². The molecule has 2 aliphatic carbocycles. The second kappa shape index (κ2) is 3.51. The molecule has 3 aliphatic rings. The quantitative estimate of drug-likeness (QED) is 0.730. The van der Waals surface area contributed by atoms with Gasteiger partial charge in [0.05, 0.1) is 11.4 Å². The van der Waals surface area contributed by atoms with E-state index < -0.39 is 0 Å². The van der Waals surface area contributed by atoms with E-state index >= 15 is 0 Å². The average Bonchev–Trinajstić information content (AvgIpc) is 2.86. The Balaban J connectivity index is 1.72. The van der Waals surface area contributed by atoms with Gasteiger partial charge in [-0.05, 0) is 28.7 Å². The van der Waals surface area contributed by atoms with Gasteiger partial charge in [-0.15, -0.1) is 0 Å². The molecular formula is C19H18N2. The van der Waals surface area contributed by atoms with E-state index in [1.807, 2.05) is 0 Å². The number of rotatable bonds is 0. The number of fused-ring (bicyclic) bond motifs is 8. The van der Waals surface area contributed by atoms with Gasteiger partial charge in [-0.1, -0.05) is 50.2 Å². The summed E-state index contributed by atoms with van der Waals surface area (Å²) in [4.78, 5) is 0. The first-order chi connectivity index (χ1) is 10.2. The van der Waals surface area contributed by atoms with Gasteiger partial charge in [-0.25, -0.2) is 0 Å². The molecule has 0 spiro atoms. The highest BCUT2D eigenvalue weighted by atomic mass is 15.1. The molecule has 5 rings (SSSR count). The number of allylic oxidation sites excluding steroid dienone is 2. The maximum Gasteiger partial charge on any atom is 0.0621 e. The summed E-state index contributed by atoms with van der Waals surface area (Å²) in [5.74, 6) is 0.934. The Hall–Kier alpha value is -2.22. The van der Waals surface area contributed by atoms with Crippen molar-refractivity contribution >= 4 is 11.4 Å². The minimum Gasteiger partial charge on any atom is -0.355 e. The molecule has 0 radical (unpaired) electrons. The Kier molecular flexibility index (Phi) is 1.91. The van der Waals surface area contributed by atoms with Gasteiger partial charge < -0.3 is 10.6 Å². The van der Waals surface area contributed by atoms with Crippen LogP contribution in [0.3, 0.4) is 0 Å². The molecule has 2 aromatic rings. The molecule has 1 aliphatic heterocycles. The number of hydrogen-bond donors (Lipinski definition) is 2. The highest BCUT2D eigenvalue weighted by molar-refractivity contribution is 5.80. The van der Waals surface area contributed by atoms with E-state index in [1.165, 1.54) is 33.9 Å². The topological polar surface area (TPSA) is 24.1 Å². The molecule has 2 bridgehead atoms. The molecule has 0 saturated carbocycles. The smallest absolute Gasteiger partial charge is 0.0621 e. The van der Waals surface area contributed by atoms with Crippen LogP contribution in [0.5, 0.6) is 0 Å². The van der Waals surface area contributed by atoms with Crippen molar-refractivity contribution < 1.29 is 0 Å². The Bertz CT molecular complexity index is 737. The summed E-state index contributed by atoms with van der Waals surface area (Å²) in [6.07, 6.45) is 0. The summed E-state index contributed by atoms with van der Waals surface area (Å²) >= 11 is 0. The summed E-state index contributed by atoms with van der Waals surface area (Å²) in [5.41, 5.74) is 8.37.